The van der Waals surface area contributed by atoms with Gasteiger partial charge in [0.2, 0.25) is 76.8 Å². The first-order valence-electron chi connectivity index (χ1n) is 28.9. The highest BCUT2D eigenvalue weighted by Gasteiger charge is 2.37. The van der Waals surface area contributed by atoms with E-state index in [2.05, 4.69) is 91.0 Å². The minimum atomic E-state index is -1.78. The van der Waals surface area contributed by atoms with Crippen molar-refractivity contribution in [2.24, 2.45) is 35.0 Å². The molecular formula is C54H86N18O18S. The number of carbonyl (C=O) groups excluding carboxylic acids is 13. The summed E-state index contributed by atoms with van der Waals surface area (Å²) in [7, 11) is 0. The van der Waals surface area contributed by atoms with Crippen molar-refractivity contribution in [2.75, 3.05) is 18.9 Å². The van der Waals surface area contributed by atoms with Crippen LogP contribution in [0.15, 0.2) is 25.0 Å². The summed E-state index contributed by atoms with van der Waals surface area (Å²) in [5.41, 5.74) is 16.7. The van der Waals surface area contributed by atoms with Crippen LogP contribution in [0.3, 0.4) is 0 Å². The van der Waals surface area contributed by atoms with Crippen LogP contribution in [0.1, 0.15) is 105 Å². The van der Waals surface area contributed by atoms with Crippen LogP contribution in [0, 0.1) is 17.8 Å². The van der Waals surface area contributed by atoms with Gasteiger partial charge in [-0.25, -0.2) is 9.97 Å². The Balaban J connectivity index is 2.27. The second kappa shape index (κ2) is 39.0. The van der Waals surface area contributed by atoms with Gasteiger partial charge in [0.05, 0.1) is 49.7 Å². The van der Waals surface area contributed by atoms with Crippen molar-refractivity contribution in [1.82, 2.24) is 78.4 Å². The Morgan fingerprint density at radius 2 is 0.923 bits per heavy atom. The number of amides is 13. The van der Waals surface area contributed by atoms with Crippen LogP contribution < -0.4 is 75.7 Å². The van der Waals surface area contributed by atoms with Gasteiger partial charge in [0.1, 0.15) is 60.4 Å². The van der Waals surface area contributed by atoms with Gasteiger partial charge < -0.3 is 101 Å². The molecule has 0 saturated heterocycles. The van der Waals surface area contributed by atoms with Crippen LogP contribution >= 0.6 is 12.6 Å². The van der Waals surface area contributed by atoms with E-state index in [4.69, 9.17) is 17.2 Å². The summed E-state index contributed by atoms with van der Waals surface area (Å²) in [6.45, 7) is 9.19. The number of primary amides is 2. The summed E-state index contributed by atoms with van der Waals surface area (Å²) >= 11 is 4.18. The quantitative estimate of drug-likeness (QED) is 0.0275. The third-order valence-electron chi connectivity index (χ3n) is 13.3. The maximum atomic E-state index is 14.2. The highest BCUT2D eigenvalue weighted by molar-refractivity contribution is 7.80. The third kappa shape index (κ3) is 28.8. The molecule has 91 heavy (non-hydrogen) atoms. The summed E-state index contributed by atoms with van der Waals surface area (Å²) in [6.07, 6.45) is 2.30. The Morgan fingerprint density at radius 1 is 0.505 bits per heavy atom. The molecule has 0 radical (unpaired) electrons. The first-order chi connectivity index (χ1) is 42.6. The second-order valence-corrected chi connectivity index (χ2v) is 22.8. The van der Waals surface area contributed by atoms with Crippen molar-refractivity contribution < 1.29 is 87.2 Å². The van der Waals surface area contributed by atoms with Gasteiger partial charge in [-0.1, -0.05) is 41.5 Å². The van der Waals surface area contributed by atoms with Crippen molar-refractivity contribution in [1.29, 1.82) is 0 Å². The summed E-state index contributed by atoms with van der Waals surface area (Å²) < 4.78 is 0. The van der Waals surface area contributed by atoms with Crippen molar-refractivity contribution in [3.63, 3.8) is 0 Å². The highest BCUT2D eigenvalue weighted by Crippen LogP contribution is 2.13. The van der Waals surface area contributed by atoms with E-state index in [1.807, 2.05) is 0 Å². The molecule has 2 aromatic heterocycles. The number of aliphatic hydroxyl groups excluding tert-OH is 1. The molecule has 0 aliphatic rings. The molecule has 37 heteroatoms. The fourth-order valence-electron chi connectivity index (χ4n) is 8.44. The average Bonchev–Trinajstić information content (AvgIpc) is 2.61. The number of carbonyl (C=O) groups is 15. The van der Waals surface area contributed by atoms with Crippen molar-refractivity contribution in [3.8, 4) is 0 Å². The van der Waals surface area contributed by atoms with E-state index in [0.717, 1.165) is 6.92 Å². The maximum Gasteiger partial charge on any atom is 0.325 e. The SMILES string of the molecule is CC(C)C[C@H](NC(=O)[C@H](Cc1c[nH]cn1)NC(=O)[C@H](CCC(N)=O)NC(=O)[C@@H](N)CC(N)=O)C(=O)N[C@@H](CS)C(=O)NCC(=O)N[C@@H](CO)C(=O)N[C@@H](Cc1c[nH]cn1)C(=O)N[C@@H](CC(C)C)C(=O)N[C@H](C(=O)N[C@@H](CCC(=O)O)C(=O)N[C@@H](C)C(=O)O)C(C)C. The lowest BCUT2D eigenvalue weighted by Gasteiger charge is -2.29. The summed E-state index contributed by atoms with van der Waals surface area (Å²) in [4.78, 5) is 209. The molecule has 11 atom stereocenters. The normalized spacial score (nSPS) is 14.8. The van der Waals surface area contributed by atoms with E-state index < -0.39 is 200 Å². The predicted octanol–water partition coefficient (Wildman–Crippen LogP) is -7.01. The van der Waals surface area contributed by atoms with Gasteiger partial charge >= 0.3 is 11.9 Å². The van der Waals surface area contributed by atoms with Gasteiger partial charge in [-0.3, -0.25) is 71.9 Å². The number of hydrogen-bond donors (Lipinski definition) is 20. The van der Waals surface area contributed by atoms with Gasteiger partial charge in [-0.05, 0) is 50.4 Å². The Labute approximate surface area is 528 Å². The van der Waals surface area contributed by atoms with Gasteiger partial charge in [-0.2, -0.15) is 12.6 Å². The van der Waals surface area contributed by atoms with Gasteiger partial charge in [0.25, 0.3) is 0 Å². The van der Waals surface area contributed by atoms with Crippen molar-refractivity contribution in [3.05, 3.63) is 36.4 Å². The van der Waals surface area contributed by atoms with Gasteiger partial charge in [0, 0.05) is 43.8 Å². The molecule has 13 amide bonds. The van der Waals surface area contributed by atoms with Crippen molar-refractivity contribution in [2.45, 2.75) is 173 Å². The van der Waals surface area contributed by atoms with Crippen molar-refractivity contribution >= 4 is 101 Å². The lowest BCUT2D eigenvalue weighted by molar-refractivity contribution is -0.142. The van der Waals surface area contributed by atoms with E-state index in [1.165, 1.54) is 25.0 Å². The summed E-state index contributed by atoms with van der Waals surface area (Å²) in [6, 6.07) is -16.5. The van der Waals surface area contributed by atoms with Crippen LogP contribution in [0.25, 0.3) is 0 Å². The van der Waals surface area contributed by atoms with Crippen LogP contribution in [0.5, 0.6) is 0 Å². The molecule has 0 aliphatic heterocycles. The number of nitrogens with two attached hydrogens (primary N) is 3. The fraction of sp³-hybridized carbons (Fsp3) is 0.611. The van der Waals surface area contributed by atoms with E-state index in [0.29, 0.717) is 0 Å². The lowest BCUT2D eigenvalue weighted by Crippen LogP contribution is -2.61. The highest BCUT2D eigenvalue weighted by atomic mass is 32.1. The first-order valence-corrected chi connectivity index (χ1v) is 29.5. The molecule has 0 aromatic carbocycles. The molecule has 0 unspecified atom stereocenters. The Bertz CT molecular complexity index is 2840. The molecule has 0 saturated carbocycles. The fourth-order valence-corrected chi connectivity index (χ4v) is 8.70. The number of carboxylic acids is 2. The first kappa shape index (κ1) is 77.8. The van der Waals surface area contributed by atoms with E-state index in [-0.39, 0.29) is 61.1 Å². The van der Waals surface area contributed by atoms with E-state index in [1.54, 1.807) is 41.5 Å². The number of rotatable bonds is 42. The molecule has 2 rings (SSSR count). The zero-order chi connectivity index (χ0) is 68.8. The van der Waals surface area contributed by atoms with E-state index >= 15 is 0 Å². The maximum absolute atomic E-state index is 14.2. The standard InChI is InChI=1S/C54H86N18O18S/c1-24(2)12-33(67-49(84)35(14-28-17-58-22-61-28)69-47(82)31(8-10-39(56)74)65-44(79)30(55)16-40(57)75)48(83)71-38(21-91)45(80)60-19-41(76)64-37(20-73)52(87)70-36(15-29-18-59-23-62-29)50(85)68-34(13-25(3)4)51(86)72-43(26(5)6)53(88)66-32(9-11-42(77)78)46(81)63-27(7)54(89)90/h17-18,22-27,30-38,43,73,91H,8-16,19-21,55H2,1-7H3,(H2,56,74)(H2,57,75)(H,58,61)(H,59,62)(H,60,80)(H,63,81)(H,64,76)(H,65,79)(H,66,88)(H,67,84)(H,68,85)(H,69,82)(H,70,87)(H,71,83)(H,72,86)(H,77,78)(H,89,90)/t27-,30-,31-,32-,33-,34-,35-,36-,37-,38-,43-/m0/s1. The molecule has 0 bridgehead atoms. The minimum Gasteiger partial charge on any atom is -0.481 e. The van der Waals surface area contributed by atoms with Crippen LogP contribution in [-0.4, -0.2) is 209 Å². The molecule has 22 N–H and O–H groups in total. The number of aliphatic carboxylic acids is 2. The second-order valence-electron chi connectivity index (χ2n) is 22.4. The van der Waals surface area contributed by atoms with Crippen LogP contribution in [0.4, 0.5) is 0 Å². The Kier molecular flexibility index (Phi) is 33.4. The number of aromatic nitrogens is 4. The molecule has 0 aliphatic carbocycles. The molecule has 2 aromatic rings. The van der Waals surface area contributed by atoms with Gasteiger partial charge in [-0.15, -0.1) is 0 Å². The number of aromatic amines is 2. The largest absolute Gasteiger partial charge is 0.481 e. The smallest absolute Gasteiger partial charge is 0.325 e. The number of thiol groups is 1. The topological polar surface area (TPSA) is 584 Å². The van der Waals surface area contributed by atoms with E-state index in [9.17, 15) is 87.2 Å². The number of carboxylic acid groups (broad SMARTS) is 2. The molecular weight excluding hydrogens is 1220 g/mol. The molecule has 0 spiro atoms. The summed E-state index contributed by atoms with van der Waals surface area (Å²) in [5, 5.41) is 55.3. The Morgan fingerprint density at radius 3 is 1.34 bits per heavy atom. The van der Waals surface area contributed by atoms with Gasteiger partial charge in [0.15, 0.2) is 0 Å². The number of H-pyrrole nitrogens is 2. The number of hydrogen-bond acceptors (Lipinski definition) is 20. The zero-order valence-corrected chi connectivity index (χ0v) is 52.3. The van der Waals surface area contributed by atoms with Crippen LogP contribution in [0.2, 0.25) is 0 Å². The monoisotopic (exact) mass is 1310 g/mol. The number of nitrogens with zero attached hydrogens (tertiary/aromatic N) is 2. The third-order valence-corrected chi connectivity index (χ3v) is 13.6. The zero-order valence-electron chi connectivity index (χ0n) is 51.4. The number of imidazole rings is 2. The lowest BCUT2D eigenvalue weighted by atomic mass is 9.98. The number of nitrogens with one attached hydrogen (secondary N) is 13. The minimum absolute atomic E-state index is 0.0373. The molecule has 0 fully saturated rings. The predicted molar refractivity (Wildman–Crippen MR) is 322 cm³/mol. The molecule has 36 nitrogen and oxygen atoms in total. The average molecular weight is 1310 g/mol. The Hall–Kier alpha value is -9.26. The van der Waals surface area contributed by atoms with Crippen LogP contribution in [-0.2, 0) is 84.8 Å². The number of aliphatic hydroxyl groups is 1. The molecule has 506 valence electrons. The molecule has 2 heterocycles. The summed E-state index contributed by atoms with van der Waals surface area (Å²) in [5.74, 6) is -16.9.